The monoisotopic (exact) mass is 483 g/mol. The summed E-state index contributed by atoms with van der Waals surface area (Å²) in [6.45, 7) is 3.53. The molecule has 3 aromatic rings. The van der Waals surface area contributed by atoms with E-state index in [4.69, 9.17) is 7.48 Å². The molecule has 2 heterocycles. The Bertz CT molecular complexity index is 1330. The maximum atomic E-state index is 13.6. The molecule has 1 aromatic carbocycles. The van der Waals surface area contributed by atoms with Gasteiger partial charge in [0.05, 0.1) is 14.4 Å². The van der Waals surface area contributed by atoms with Gasteiger partial charge in [0.25, 0.3) is 11.5 Å². The molecular formula is C27H35N3O3S. The molecule has 34 heavy (non-hydrogen) atoms. The van der Waals surface area contributed by atoms with E-state index in [9.17, 15) is 9.59 Å². The average Bonchev–Trinajstić information content (AvgIpc) is 3.14. The number of nitrogens with one attached hydrogen (secondary N) is 2. The van der Waals surface area contributed by atoms with Crippen molar-refractivity contribution in [2.45, 2.75) is 70.0 Å². The minimum absolute atomic E-state index is 0.0846. The number of aromatic nitrogens is 2. The third-order valence-corrected chi connectivity index (χ3v) is 7.94. The average molecular weight is 484 g/mol. The van der Waals surface area contributed by atoms with Crippen LogP contribution in [0.5, 0.6) is 0 Å². The number of nitrogens with zero attached hydrogens (tertiary/aromatic N) is 1. The number of thioether (sulfide) groups is 1. The van der Waals surface area contributed by atoms with Crippen LogP contribution in [0.15, 0.2) is 40.0 Å². The normalized spacial score (nSPS) is 20.6. The number of aromatic amines is 1. The van der Waals surface area contributed by atoms with E-state index in [-0.39, 0.29) is 11.6 Å². The SMILES string of the molecule is [2H]C([2H])(NC(=O)c1c(C)n(C(C)C2CCC(OC)CC2)c2ccccc12)c1c(SC)cc(C)[nH]c1=O. The van der Waals surface area contributed by atoms with E-state index in [1.807, 2.05) is 31.2 Å². The summed E-state index contributed by atoms with van der Waals surface area (Å²) in [6.07, 6.45) is 6.28. The predicted octanol–water partition coefficient (Wildman–Crippen LogP) is 5.36. The number of aryl methyl sites for hydroxylation is 1. The number of H-pyrrole nitrogens is 1. The number of fused-ring (bicyclic) bond motifs is 1. The quantitative estimate of drug-likeness (QED) is 0.443. The smallest absolute Gasteiger partial charge is 0.254 e. The van der Waals surface area contributed by atoms with E-state index in [1.165, 1.54) is 11.8 Å². The number of methoxy groups -OCH3 is 1. The third kappa shape index (κ3) is 4.68. The van der Waals surface area contributed by atoms with Crippen molar-refractivity contribution in [3.05, 3.63) is 63.2 Å². The van der Waals surface area contributed by atoms with Crippen LogP contribution >= 0.6 is 11.8 Å². The number of para-hydroxylation sites is 1. The minimum Gasteiger partial charge on any atom is -0.381 e. The largest absolute Gasteiger partial charge is 0.381 e. The number of amides is 1. The Labute approximate surface area is 208 Å². The molecule has 1 unspecified atom stereocenters. The first-order valence-corrected chi connectivity index (χ1v) is 13.0. The molecule has 0 saturated heterocycles. The number of carbonyl (C=O) groups excluding carboxylic acids is 1. The highest BCUT2D eigenvalue weighted by Crippen LogP contribution is 2.38. The van der Waals surface area contributed by atoms with Crippen molar-refractivity contribution in [2.24, 2.45) is 5.92 Å². The summed E-state index contributed by atoms with van der Waals surface area (Å²) < 4.78 is 25.1. The topological polar surface area (TPSA) is 76.1 Å². The molecule has 1 fully saturated rings. The Kier molecular flexibility index (Phi) is 6.73. The lowest BCUT2D eigenvalue weighted by atomic mass is 9.83. The maximum Gasteiger partial charge on any atom is 0.254 e. The molecule has 0 bridgehead atoms. The van der Waals surface area contributed by atoms with Gasteiger partial charge in [-0.2, -0.15) is 0 Å². The van der Waals surface area contributed by atoms with Gasteiger partial charge in [-0.25, -0.2) is 0 Å². The standard InChI is InChI=1S/C27H35N3O3S/c1-16-14-24(34-5)22(26(31)29-16)15-28-27(32)25-18(3)30(23-9-7-6-8-21(23)25)17(2)19-10-12-20(33-4)13-11-19/h6-9,14,17,19-20H,10-13,15H2,1-5H3,(H,28,32)(H,29,31)/i15D2. The predicted molar refractivity (Wildman–Crippen MR) is 139 cm³/mol. The lowest BCUT2D eigenvalue weighted by molar-refractivity contribution is 0.0492. The van der Waals surface area contributed by atoms with Crippen LogP contribution < -0.4 is 10.9 Å². The van der Waals surface area contributed by atoms with Crippen molar-refractivity contribution in [3.63, 3.8) is 0 Å². The van der Waals surface area contributed by atoms with Gasteiger partial charge >= 0.3 is 0 Å². The molecule has 2 aromatic heterocycles. The van der Waals surface area contributed by atoms with Crippen LogP contribution in [0.25, 0.3) is 10.9 Å². The lowest BCUT2D eigenvalue weighted by Gasteiger charge is -2.33. The third-order valence-electron chi connectivity index (χ3n) is 7.18. The second-order valence-corrected chi connectivity index (χ2v) is 10.0. The van der Waals surface area contributed by atoms with E-state index < -0.39 is 18.0 Å². The van der Waals surface area contributed by atoms with Crippen LogP contribution in [-0.4, -0.2) is 34.9 Å². The molecule has 1 aliphatic carbocycles. The molecule has 2 N–H and O–H groups in total. The van der Waals surface area contributed by atoms with Crippen LogP contribution in [0.2, 0.25) is 0 Å². The van der Waals surface area contributed by atoms with E-state index in [0.29, 0.717) is 28.2 Å². The van der Waals surface area contributed by atoms with E-state index in [1.54, 1.807) is 26.4 Å². The van der Waals surface area contributed by atoms with Gasteiger partial charge in [0.15, 0.2) is 0 Å². The zero-order valence-corrected chi connectivity index (χ0v) is 21.3. The molecule has 182 valence electrons. The Morgan fingerprint density at radius 2 is 2.00 bits per heavy atom. The second-order valence-electron chi connectivity index (χ2n) is 9.16. The number of hydrogen-bond donors (Lipinski definition) is 2. The fraction of sp³-hybridized carbons (Fsp3) is 0.481. The van der Waals surface area contributed by atoms with Gasteiger partial charge in [-0.05, 0) is 70.8 Å². The lowest BCUT2D eigenvalue weighted by Crippen LogP contribution is -2.29. The number of rotatable bonds is 7. The number of carbonyl (C=O) groups is 1. The van der Waals surface area contributed by atoms with Gasteiger partial charge in [-0.3, -0.25) is 9.59 Å². The van der Waals surface area contributed by atoms with Crippen LogP contribution in [-0.2, 0) is 11.2 Å². The first kappa shape index (κ1) is 22.0. The van der Waals surface area contributed by atoms with E-state index in [2.05, 4.69) is 21.8 Å². The van der Waals surface area contributed by atoms with Gasteiger partial charge in [0.2, 0.25) is 0 Å². The molecule has 0 spiro atoms. The van der Waals surface area contributed by atoms with Gasteiger partial charge in [0, 0.05) is 52.4 Å². The van der Waals surface area contributed by atoms with Crippen LogP contribution in [0.1, 0.15) is 68.7 Å². The summed E-state index contributed by atoms with van der Waals surface area (Å²) in [5, 5.41) is 3.31. The van der Waals surface area contributed by atoms with E-state index in [0.717, 1.165) is 42.3 Å². The van der Waals surface area contributed by atoms with Gasteiger partial charge < -0.3 is 19.6 Å². The second kappa shape index (κ2) is 10.4. The number of ether oxygens (including phenoxy) is 1. The molecular weight excluding hydrogens is 446 g/mol. The van der Waals surface area contributed by atoms with Crippen LogP contribution in [0.3, 0.4) is 0 Å². The molecule has 0 aliphatic heterocycles. The Morgan fingerprint density at radius 1 is 1.29 bits per heavy atom. The minimum atomic E-state index is -2.35. The van der Waals surface area contributed by atoms with Crippen LogP contribution in [0, 0.1) is 19.8 Å². The van der Waals surface area contributed by atoms with E-state index >= 15 is 0 Å². The van der Waals surface area contributed by atoms with Gasteiger partial charge in [-0.15, -0.1) is 11.8 Å². The Balaban J connectivity index is 1.71. The van der Waals surface area contributed by atoms with Crippen molar-refractivity contribution in [3.8, 4) is 0 Å². The summed E-state index contributed by atoms with van der Waals surface area (Å²) in [5.74, 6) is -0.0710. The number of hydrogen-bond acceptors (Lipinski definition) is 4. The molecule has 6 nitrogen and oxygen atoms in total. The maximum absolute atomic E-state index is 13.6. The summed E-state index contributed by atoms with van der Waals surface area (Å²) in [4.78, 5) is 29.5. The summed E-state index contributed by atoms with van der Waals surface area (Å²) in [6, 6.07) is 9.68. The first-order valence-electron chi connectivity index (χ1n) is 12.8. The Morgan fingerprint density at radius 3 is 2.68 bits per heavy atom. The van der Waals surface area contributed by atoms with Crippen LogP contribution in [0.4, 0.5) is 0 Å². The number of benzene rings is 1. The molecule has 0 radical (unpaired) electrons. The fourth-order valence-electron chi connectivity index (χ4n) is 5.34. The fourth-order valence-corrected chi connectivity index (χ4v) is 5.98. The first-order chi connectivity index (χ1) is 17.1. The molecule has 1 aliphatic rings. The van der Waals surface area contributed by atoms with Crippen molar-refractivity contribution >= 4 is 28.6 Å². The summed E-state index contributed by atoms with van der Waals surface area (Å²) >= 11 is 1.28. The van der Waals surface area contributed by atoms with Crippen molar-refractivity contribution < 1.29 is 12.3 Å². The zero-order chi connectivity index (χ0) is 26.2. The highest BCUT2D eigenvalue weighted by Gasteiger charge is 2.29. The summed E-state index contributed by atoms with van der Waals surface area (Å²) in [7, 11) is 1.77. The van der Waals surface area contributed by atoms with Crippen molar-refractivity contribution in [1.29, 1.82) is 0 Å². The summed E-state index contributed by atoms with van der Waals surface area (Å²) in [5.41, 5.74) is 2.22. The molecule has 1 atom stereocenters. The zero-order valence-electron chi connectivity index (χ0n) is 22.5. The van der Waals surface area contributed by atoms with Gasteiger partial charge in [0.1, 0.15) is 0 Å². The molecule has 1 amide bonds. The highest BCUT2D eigenvalue weighted by molar-refractivity contribution is 7.98. The van der Waals surface area contributed by atoms with Crippen molar-refractivity contribution in [2.75, 3.05) is 13.4 Å². The number of pyridine rings is 1. The highest BCUT2D eigenvalue weighted by atomic mass is 32.2. The Hall–Kier alpha value is -2.51. The molecule has 4 rings (SSSR count). The van der Waals surface area contributed by atoms with Crippen molar-refractivity contribution in [1.82, 2.24) is 14.9 Å². The molecule has 1 saturated carbocycles. The molecule has 7 heteroatoms. The van der Waals surface area contributed by atoms with Gasteiger partial charge in [-0.1, -0.05) is 18.2 Å².